The van der Waals surface area contributed by atoms with E-state index < -0.39 is 0 Å². The van der Waals surface area contributed by atoms with Crippen LogP contribution in [0.25, 0.3) is 0 Å². The Bertz CT molecular complexity index is 487. The van der Waals surface area contributed by atoms with E-state index in [9.17, 15) is 4.79 Å². The van der Waals surface area contributed by atoms with E-state index in [1.54, 1.807) is 6.92 Å². The molecule has 0 aromatic heterocycles. The molecule has 17 heavy (non-hydrogen) atoms. The van der Waals surface area contributed by atoms with Gasteiger partial charge in [-0.05, 0) is 36.5 Å². The van der Waals surface area contributed by atoms with Gasteiger partial charge in [0.05, 0.1) is 12.0 Å². The first-order valence-electron chi connectivity index (χ1n) is 5.88. The van der Waals surface area contributed by atoms with Gasteiger partial charge in [-0.25, -0.2) is 0 Å². The molecular weight excluding hydrogens is 212 g/mol. The second-order valence-corrected chi connectivity index (χ2v) is 4.68. The van der Waals surface area contributed by atoms with Crippen molar-refractivity contribution in [1.82, 2.24) is 5.32 Å². The van der Waals surface area contributed by atoms with Crippen molar-refractivity contribution in [2.45, 2.75) is 38.6 Å². The summed E-state index contributed by atoms with van der Waals surface area (Å²) < 4.78 is 0. The molecule has 1 aromatic rings. The minimum atomic E-state index is -0.0693. The number of carbonyl (C=O) groups excluding carboxylic acids is 1. The Labute approximate surface area is 101 Å². The van der Waals surface area contributed by atoms with E-state index in [0.29, 0.717) is 0 Å². The van der Waals surface area contributed by atoms with Gasteiger partial charge >= 0.3 is 0 Å². The first kappa shape index (κ1) is 11.7. The number of hydrogen-bond donors (Lipinski definition) is 1. The van der Waals surface area contributed by atoms with Crippen LogP contribution in [0.2, 0.25) is 0 Å². The average Bonchev–Trinajstić information content (AvgIpc) is 2.67. The number of nitrogens with zero attached hydrogens (tertiary/aromatic N) is 1. The second kappa shape index (κ2) is 4.58. The molecule has 3 heteroatoms. The zero-order chi connectivity index (χ0) is 12.4. The molecule has 2 unspecified atom stereocenters. The van der Waals surface area contributed by atoms with E-state index in [4.69, 9.17) is 5.26 Å². The lowest BCUT2D eigenvalue weighted by atomic mass is 9.98. The van der Waals surface area contributed by atoms with E-state index in [1.165, 1.54) is 11.1 Å². The van der Waals surface area contributed by atoms with Crippen LogP contribution in [0.3, 0.4) is 0 Å². The molecule has 0 fully saturated rings. The van der Waals surface area contributed by atoms with Gasteiger partial charge in [-0.1, -0.05) is 18.2 Å². The molecule has 2 atom stereocenters. The highest BCUT2D eigenvalue weighted by Gasteiger charge is 2.22. The topological polar surface area (TPSA) is 52.9 Å². The molecule has 0 bridgehead atoms. The van der Waals surface area contributed by atoms with Crippen molar-refractivity contribution in [3.05, 3.63) is 34.9 Å². The third-order valence-electron chi connectivity index (χ3n) is 3.26. The lowest BCUT2D eigenvalue weighted by Gasteiger charge is -2.08. The van der Waals surface area contributed by atoms with Crippen LogP contribution in [0, 0.1) is 11.3 Å². The van der Waals surface area contributed by atoms with Gasteiger partial charge in [0.25, 0.3) is 0 Å². The SMILES string of the molecule is CC(=O)NC1Cc2ccc(C(C)C#N)cc2C1. The molecular formula is C14H16N2O. The summed E-state index contributed by atoms with van der Waals surface area (Å²) in [5, 5.41) is 11.8. The van der Waals surface area contributed by atoms with Crippen molar-refractivity contribution in [1.29, 1.82) is 5.26 Å². The minimum Gasteiger partial charge on any atom is -0.353 e. The molecule has 0 saturated heterocycles. The summed E-state index contributed by atoms with van der Waals surface area (Å²) in [6, 6.07) is 8.67. The summed E-state index contributed by atoms with van der Waals surface area (Å²) in [7, 11) is 0. The van der Waals surface area contributed by atoms with Gasteiger partial charge in [0.2, 0.25) is 5.91 Å². The lowest BCUT2D eigenvalue weighted by Crippen LogP contribution is -2.33. The smallest absolute Gasteiger partial charge is 0.217 e. The van der Waals surface area contributed by atoms with Crippen LogP contribution < -0.4 is 5.32 Å². The summed E-state index contributed by atoms with van der Waals surface area (Å²) in [6.45, 7) is 3.45. The van der Waals surface area contributed by atoms with Gasteiger partial charge in [-0.2, -0.15) is 5.26 Å². The van der Waals surface area contributed by atoms with Gasteiger partial charge in [0.15, 0.2) is 0 Å². The third-order valence-corrected chi connectivity index (χ3v) is 3.26. The van der Waals surface area contributed by atoms with Crippen molar-refractivity contribution in [2.24, 2.45) is 0 Å². The van der Waals surface area contributed by atoms with E-state index in [0.717, 1.165) is 18.4 Å². The van der Waals surface area contributed by atoms with E-state index in [1.807, 2.05) is 13.0 Å². The highest BCUT2D eigenvalue weighted by Crippen LogP contribution is 2.26. The zero-order valence-electron chi connectivity index (χ0n) is 10.2. The predicted molar refractivity (Wildman–Crippen MR) is 65.5 cm³/mol. The Kier molecular flexibility index (Phi) is 3.14. The molecule has 0 radical (unpaired) electrons. The fraction of sp³-hybridized carbons (Fsp3) is 0.429. The molecule has 1 aliphatic rings. The van der Waals surface area contributed by atoms with Crippen molar-refractivity contribution in [3.63, 3.8) is 0 Å². The first-order valence-corrected chi connectivity index (χ1v) is 5.88. The molecule has 0 aliphatic heterocycles. The van der Waals surface area contributed by atoms with Crippen LogP contribution in [0.15, 0.2) is 18.2 Å². The molecule has 88 valence electrons. The number of fused-ring (bicyclic) bond motifs is 1. The van der Waals surface area contributed by atoms with Crippen molar-refractivity contribution >= 4 is 5.91 Å². The van der Waals surface area contributed by atoms with Crippen molar-refractivity contribution in [2.75, 3.05) is 0 Å². The predicted octanol–water partition coefficient (Wildman–Crippen LogP) is 1.92. The van der Waals surface area contributed by atoms with E-state index in [-0.39, 0.29) is 17.9 Å². The number of nitriles is 1. The Hall–Kier alpha value is -1.82. The highest BCUT2D eigenvalue weighted by atomic mass is 16.1. The maximum atomic E-state index is 11.0. The molecule has 0 heterocycles. The van der Waals surface area contributed by atoms with Gasteiger partial charge in [-0.3, -0.25) is 4.79 Å². The number of rotatable bonds is 2. The third kappa shape index (κ3) is 2.47. The van der Waals surface area contributed by atoms with Crippen LogP contribution in [0.4, 0.5) is 0 Å². The summed E-state index contributed by atoms with van der Waals surface area (Å²) in [4.78, 5) is 11.0. The molecule has 0 spiro atoms. The Morgan fingerprint density at radius 1 is 1.47 bits per heavy atom. The number of benzene rings is 1. The van der Waals surface area contributed by atoms with Crippen LogP contribution in [0.1, 0.15) is 36.5 Å². The molecule has 1 amide bonds. The van der Waals surface area contributed by atoms with Crippen molar-refractivity contribution in [3.8, 4) is 6.07 Å². The highest BCUT2D eigenvalue weighted by molar-refractivity contribution is 5.73. The summed E-state index contributed by atoms with van der Waals surface area (Å²) in [5.41, 5.74) is 3.62. The van der Waals surface area contributed by atoms with Crippen LogP contribution in [0.5, 0.6) is 0 Å². The number of amides is 1. The normalized spacial score (nSPS) is 19.2. The lowest BCUT2D eigenvalue weighted by molar-refractivity contribution is -0.119. The second-order valence-electron chi connectivity index (χ2n) is 4.68. The Morgan fingerprint density at radius 3 is 2.82 bits per heavy atom. The largest absolute Gasteiger partial charge is 0.353 e. The number of carbonyl (C=O) groups is 1. The quantitative estimate of drug-likeness (QED) is 0.840. The number of nitrogens with one attached hydrogen (secondary N) is 1. The van der Waals surface area contributed by atoms with Gasteiger partial charge in [0.1, 0.15) is 0 Å². The molecule has 1 aliphatic carbocycles. The average molecular weight is 228 g/mol. The van der Waals surface area contributed by atoms with Gasteiger partial charge < -0.3 is 5.32 Å². The minimum absolute atomic E-state index is 0.0217. The molecule has 1 N–H and O–H groups in total. The fourth-order valence-corrected chi connectivity index (χ4v) is 2.37. The Balaban J connectivity index is 2.17. The van der Waals surface area contributed by atoms with Crippen molar-refractivity contribution < 1.29 is 4.79 Å². The van der Waals surface area contributed by atoms with Gasteiger partial charge in [-0.15, -0.1) is 0 Å². The molecule has 0 saturated carbocycles. The standard InChI is InChI=1S/C14H16N2O/c1-9(8-15)11-3-4-12-6-14(16-10(2)17)7-13(12)5-11/h3-5,9,14H,6-7H2,1-2H3,(H,16,17). The number of hydrogen-bond acceptors (Lipinski definition) is 2. The van der Waals surface area contributed by atoms with Crippen LogP contribution in [-0.4, -0.2) is 11.9 Å². The first-order chi connectivity index (χ1) is 8.10. The maximum Gasteiger partial charge on any atom is 0.217 e. The van der Waals surface area contributed by atoms with E-state index in [2.05, 4.69) is 23.5 Å². The molecule has 2 rings (SSSR count). The summed E-state index contributed by atoms with van der Waals surface area (Å²) in [6.07, 6.45) is 1.77. The van der Waals surface area contributed by atoms with Crippen LogP contribution in [-0.2, 0) is 17.6 Å². The molecule has 3 nitrogen and oxygen atoms in total. The van der Waals surface area contributed by atoms with Crippen LogP contribution >= 0.6 is 0 Å². The molecule has 1 aromatic carbocycles. The van der Waals surface area contributed by atoms with Gasteiger partial charge in [0, 0.05) is 13.0 Å². The summed E-state index contributed by atoms with van der Waals surface area (Å²) >= 11 is 0. The monoisotopic (exact) mass is 228 g/mol. The zero-order valence-corrected chi connectivity index (χ0v) is 10.2. The maximum absolute atomic E-state index is 11.0. The Morgan fingerprint density at radius 2 is 2.18 bits per heavy atom. The van der Waals surface area contributed by atoms with E-state index >= 15 is 0 Å². The fourth-order valence-electron chi connectivity index (χ4n) is 2.37. The summed E-state index contributed by atoms with van der Waals surface area (Å²) in [5.74, 6) is -0.0476.